The first-order valence-electron chi connectivity index (χ1n) is 7.42. The lowest BCUT2D eigenvalue weighted by atomic mass is 10.1. The van der Waals surface area contributed by atoms with Crippen LogP contribution in [0.1, 0.15) is 22.2 Å². The van der Waals surface area contributed by atoms with Gasteiger partial charge in [0.2, 0.25) is 0 Å². The first kappa shape index (κ1) is 17.8. The minimum Gasteiger partial charge on any atom is -0.464 e. The van der Waals surface area contributed by atoms with E-state index in [1.54, 1.807) is 6.07 Å². The van der Waals surface area contributed by atoms with Crippen molar-refractivity contribution in [2.45, 2.75) is 6.10 Å². The summed E-state index contributed by atoms with van der Waals surface area (Å²) in [4.78, 5) is 13.3. The van der Waals surface area contributed by atoms with Crippen LogP contribution in [0.3, 0.4) is 0 Å². The normalized spacial score (nSPS) is 17.4. The molecule has 0 aliphatic carbocycles. The highest BCUT2D eigenvalue weighted by Gasteiger charge is 2.26. The van der Waals surface area contributed by atoms with Gasteiger partial charge in [0.15, 0.2) is 11.5 Å². The Balaban J connectivity index is 1.79. The quantitative estimate of drug-likeness (QED) is 0.596. The van der Waals surface area contributed by atoms with E-state index in [4.69, 9.17) is 27.9 Å². The van der Waals surface area contributed by atoms with E-state index in [9.17, 15) is 9.18 Å². The fourth-order valence-electron chi connectivity index (χ4n) is 2.54. The molecular formula is C16H14Cl2FN3O3. The molecule has 1 aliphatic rings. The van der Waals surface area contributed by atoms with Crippen LogP contribution < -0.4 is 4.90 Å². The zero-order valence-electron chi connectivity index (χ0n) is 13.2. The van der Waals surface area contributed by atoms with Gasteiger partial charge in [0.1, 0.15) is 11.9 Å². The van der Waals surface area contributed by atoms with Crippen molar-refractivity contribution in [3.8, 4) is 0 Å². The molecule has 0 N–H and O–H groups in total. The van der Waals surface area contributed by atoms with Crippen LogP contribution >= 0.6 is 23.2 Å². The molecule has 6 nitrogen and oxygen atoms in total. The van der Waals surface area contributed by atoms with Crippen LogP contribution in [0.2, 0.25) is 10.0 Å². The van der Waals surface area contributed by atoms with Crippen molar-refractivity contribution in [1.29, 1.82) is 0 Å². The molecule has 25 heavy (non-hydrogen) atoms. The van der Waals surface area contributed by atoms with Crippen molar-refractivity contribution in [3.05, 3.63) is 51.4 Å². The van der Waals surface area contributed by atoms with Gasteiger partial charge in [-0.2, -0.15) is 0 Å². The monoisotopic (exact) mass is 385 g/mol. The second-order valence-corrected chi connectivity index (χ2v) is 6.18. The number of carbonyl (C=O) groups excluding carboxylic acids is 1. The lowest BCUT2D eigenvalue weighted by molar-refractivity contribution is 0.0393. The number of hydrogen-bond acceptors (Lipinski definition) is 6. The molecule has 1 fully saturated rings. The molecule has 0 amide bonds. The molecule has 1 atom stereocenters. The maximum Gasteiger partial charge on any atom is 0.358 e. The first-order chi connectivity index (χ1) is 12.0. The smallest absolute Gasteiger partial charge is 0.358 e. The van der Waals surface area contributed by atoms with E-state index in [1.165, 1.54) is 25.3 Å². The third-order valence-electron chi connectivity index (χ3n) is 3.82. The second kappa shape index (κ2) is 7.51. The lowest BCUT2D eigenvalue weighted by Crippen LogP contribution is -2.39. The number of nitrogens with zero attached hydrogens (tertiary/aromatic N) is 3. The summed E-state index contributed by atoms with van der Waals surface area (Å²) in [7, 11) is 1.28. The van der Waals surface area contributed by atoms with Crippen LogP contribution in [0, 0.1) is 5.82 Å². The molecule has 1 aliphatic heterocycles. The Bertz CT molecular complexity index is 789. The van der Waals surface area contributed by atoms with Gasteiger partial charge in [0.25, 0.3) is 0 Å². The van der Waals surface area contributed by atoms with Crippen molar-refractivity contribution < 1.29 is 18.7 Å². The minimum absolute atomic E-state index is 0.0364. The van der Waals surface area contributed by atoms with Crippen LogP contribution in [-0.4, -0.2) is 43.0 Å². The molecule has 0 radical (unpaired) electrons. The van der Waals surface area contributed by atoms with E-state index < -0.39 is 17.9 Å². The fourth-order valence-corrected chi connectivity index (χ4v) is 3.04. The van der Waals surface area contributed by atoms with Gasteiger partial charge in [0.05, 0.1) is 18.7 Å². The Morgan fingerprint density at radius 2 is 2.12 bits per heavy atom. The number of esters is 1. The summed E-state index contributed by atoms with van der Waals surface area (Å²) in [5.74, 6) is -0.530. The molecule has 0 spiro atoms. The Hall–Kier alpha value is -1.96. The molecule has 9 heteroatoms. The molecule has 1 aromatic carbocycles. The Morgan fingerprint density at radius 3 is 2.80 bits per heavy atom. The fraction of sp³-hybridized carbons (Fsp3) is 0.312. The summed E-state index contributed by atoms with van der Waals surface area (Å²) in [6, 6.07) is 5.85. The number of hydrogen-bond donors (Lipinski definition) is 0. The van der Waals surface area contributed by atoms with Gasteiger partial charge in [-0.1, -0.05) is 23.2 Å². The van der Waals surface area contributed by atoms with E-state index in [1.807, 2.05) is 4.90 Å². The number of rotatable bonds is 3. The van der Waals surface area contributed by atoms with Gasteiger partial charge in [-0.25, -0.2) is 9.18 Å². The van der Waals surface area contributed by atoms with Crippen LogP contribution in [0.25, 0.3) is 0 Å². The van der Waals surface area contributed by atoms with E-state index in [2.05, 4.69) is 14.9 Å². The van der Waals surface area contributed by atoms with Crippen molar-refractivity contribution in [3.63, 3.8) is 0 Å². The number of methoxy groups -OCH3 is 1. The van der Waals surface area contributed by atoms with Crippen LogP contribution in [-0.2, 0) is 9.47 Å². The minimum atomic E-state index is -0.553. The summed E-state index contributed by atoms with van der Waals surface area (Å²) in [5, 5.41) is 8.20. The van der Waals surface area contributed by atoms with Gasteiger partial charge in [-0.05, 0) is 24.3 Å². The maximum absolute atomic E-state index is 13.8. The van der Waals surface area contributed by atoms with E-state index in [0.29, 0.717) is 36.1 Å². The van der Waals surface area contributed by atoms with E-state index in [0.717, 1.165) is 0 Å². The zero-order chi connectivity index (χ0) is 18.0. The van der Waals surface area contributed by atoms with Crippen LogP contribution in [0.4, 0.5) is 10.2 Å². The summed E-state index contributed by atoms with van der Waals surface area (Å²) in [6.07, 6.45) is -0.435. The third-order valence-corrected chi connectivity index (χ3v) is 4.44. The predicted molar refractivity (Wildman–Crippen MR) is 90.7 cm³/mol. The summed E-state index contributed by atoms with van der Waals surface area (Å²) < 4.78 is 24.1. The summed E-state index contributed by atoms with van der Waals surface area (Å²) in [5.41, 5.74) is 0.645. The topological polar surface area (TPSA) is 64.5 Å². The van der Waals surface area contributed by atoms with Gasteiger partial charge < -0.3 is 14.4 Å². The lowest BCUT2D eigenvalue weighted by Gasteiger charge is -2.34. The Kier molecular flexibility index (Phi) is 5.36. The molecule has 3 rings (SSSR count). The SMILES string of the molecule is COC(=O)c1ccc(N2CCOC(c3cc(F)c(Cl)cc3Cl)C2)nn1. The predicted octanol–water partition coefficient (Wildman–Crippen LogP) is 3.29. The highest BCUT2D eigenvalue weighted by molar-refractivity contribution is 6.35. The van der Waals surface area contributed by atoms with Gasteiger partial charge >= 0.3 is 5.97 Å². The van der Waals surface area contributed by atoms with Gasteiger partial charge in [-0.3, -0.25) is 0 Å². The summed E-state index contributed by atoms with van der Waals surface area (Å²) >= 11 is 11.9. The number of halogens is 3. The molecule has 0 bridgehead atoms. The number of benzene rings is 1. The molecule has 2 heterocycles. The molecule has 2 aromatic rings. The molecule has 1 aromatic heterocycles. The molecule has 1 saturated heterocycles. The number of carbonyl (C=O) groups is 1. The average molecular weight is 386 g/mol. The summed E-state index contributed by atoms with van der Waals surface area (Å²) in [6.45, 7) is 1.40. The molecule has 0 saturated carbocycles. The average Bonchev–Trinajstić information content (AvgIpc) is 2.64. The molecule has 1 unspecified atom stereocenters. The van der Waals surface area contributed by atoms with E-state index in [-0.39, 0.29) is 10.7 Å². The van der Waals surface area contributed by atoms with Crippen molar-refractivity contribution >= 4 is 35.0 Å². The Morgan fingerprint density at radius 1 is 1.32 bits per heavy atom. The number of aromatic nitrogens is 2. The van der Waals surface area contributed by atoms with Crippen molar-refractivity contribution in [1.82, 2.24) is 10.2 Å². The maximum atomic E-state index is 13.8. The standard InChI is InChI=1S/C16H14Cl2FN3O3/c1-24-16(23)13-2-3-15(21-20-13)22-4-5-25-14(8-22)9-6-12(19)11(18)7-10(9)17/h2-3,6-7,14H,4-5,8H2,1H3. The Labute approximate surface area is 153 Å². The highest BCUT2D eigenvalue weighted by atomic mass is 35.5. The highest BCUT2D eigenvalue weighted by Crippen LogP contribution is 2.33. The number of anilines is 1. The van der Waals surface area contributed by atoms with Gasteiger partial charge in [-0.15, -0.1) is 10.2 Å². The first-order valence-corrected chi connectivity index (χ1v) is 8.18. The third kappa shape index (κ3) is 3.84. The van der Waals surface area contributed by atoms with Crippen molar-refractivity contribution in [2.24, 2.45) is 0 Å². The second-order valence-electron chi connectivity index (χ2n) is 5.36. The van der Waals surface area contributed by atoms with Crippen LogP contribution in [0.5, 0.6) is 0 Å². The zero-order valence-corrected chi connectivity index (χ0v) is 14.7. The van der Waals surface area contributed by atoms with Crippen LogP contribution in [0.15, 0.2) is 24.3 Å². The van der Waals surface area contributed by atoms with E-state index >= 15 is 0 Å². The van der Waals surface area contributed by atoms with Crippen molar-refractivity contribution in [2.75, 3.05) is 31.7 Å². The molecular weight excluding hydrogens is 372 g/mol. The number of ether oxygens (including phenoxy) is 2. The number of morpholine rings is 1. The largest absolute Gasteiger partial charge is 0.464 e. The molecule has 132 valence electrons. The van der Waals surface area contributed by atoms with Gasteiger partial charge in [0, 0.05) is 23.7 Å².